The van der Waals surface area contributed by atoms with Crippen LogP contribution in [0.1, 0.15) is 45.6 Å². The van der Waals surface area contributed by atoms with Gasteiger partial charge in [-0.1, -0.05) is 20.8 Å². The SMILES string of the molecule is CCCn1cc(C2(O)CCN(CC(C)C)CC2)cn1. The van der Waals surface area contributed by atoms with Crippen molar-refractivity contribution in [3.05, 3.63) is 18.0 Å². The van der Waals surface area contributed by atoms with Crippen LogP contribution in [-0.4, -0.2) is 39.4 Å². The molecule has 1 aliphatic rings. The third-order valence-corrected chi connectivity index (χ3v) is 3.93. The minimum Gasteiger partial charge on any atom is -0.385 e. The van der Waals surface area contributed by atoms with Gasteiger partial charge in [-0.3, -0.25) is 4.68 Å². The lowest BCUT2D eigenvalue weighted by atomic mass is 9.86. The molecule has 0 aliphatic carbocycles. The van der Waals surface area contributed by atoms with Gasteiger partial charge in [0.05, 0.1) is 11.8 Å². The van der Waals surface area contributed by atoms with E-state index in [0.29, 0.717) is 5.92 Å². The van der Waals surface area contributed by atoms with Crippen LogP contribution in [-0.2, 0) is 12.1 Å². The molecule has 0 amide bonds. The normalized spacial score (nSPS) is 20.1. The monoisotopic (exact) mass is 265 g/mol. The number of likely N-dealkylation sites (tertiary alicyclic amines) is 1. The van der Waals surface area contributed by atoms with E-state index < -0.39 is 5.60 Å². The van der Waals surface area contributed by atoms with Crippen molar-refractivity contribution in [2.45, 2.75) is 52.2 Å². The van der Waals surface area contributed by atoms with Crippen LogP contribution in [0.15, 0.2) is 12.4 Å². The molecule has 108 valence electrons. The molecule has 1 aromatic rings. The van der Waals surface area contributed by atoms with Gasteiger partial charge in [0.15, 0.2) is 0 Å². The Labute approximate surface area is 116 Å². The van der Waals surface area contributed by atoms with Gasteiger partial charge < -0.3 is 10.0 Å². The first-order valence-corrected chi connectivity index (χ1v) is 7.51. The lowest BCUT2D eigenvalue weighted by molar-refractivity contribution is -0.0280. The Morgan fingerprint density at radius 2 is 2.05 bits per heavy atom. The van der Waals surface area contributed by atoms with E-state index >= 15 is 0 Å². The standard InChI is InChI=1S/C15H27N3O/c1-4-7-18-12-14(10-16-18)15(19)5-8-17(9-6-15)11-13(2)3/h10,12-13,19H,4-9,11H2,1-3H3. The van der Waals surface area contributed by atoms with E-state index in [4.69, 9.17) is 0 Å². The quantitative estimate of drug-likeness (QED) is 0.887. The van der Waals surface area contributed by atoms with Crippen LogP contribution >= 0.6 is 0 Å². The summed E-state index contributed by atoms with van der Waals surface area (Å²) in [6.45, 7) is 10.6. The average molecular weight is 265 g/mol. The fourth-order valence-electron chi connectivity index (χ4n) is 2.87. The van der Waals surface area contributed by atoms with Gasteiger partial charge in [-0.15, -0.1) is 0 Å². The van der Waals surface area contributed by atoms with E-state index in [9.17, 15) is 5.11 Å². The van der Waals surface area contributed by atoms with Gasteiger partial charge in [0.2, 0.25) is 0 Å². The third kappa shape index (κ3) is 3.57. The predicted molar refractivity (Wildman–Crippen MR) is 76.9 cm³/mol. The van der Waals surface area contributed by atoms with E-state index in [1.807, 2.05) is 17.1 Å². The van der Waals surface area contributed by atoms with Gasteiger partial charge in [-0.2, -0.15) is 5.10 Å². The number of piperidine rings is 1. The number of aromatic nitrogens is 2. The number of hydrogen-bond acceptors (Lipinski definition) is 3. The molecular formula is C15H27N3O. The van der Waals surface area contributed by atoms with Gasteiger partial charge in [-0.25, -0.2) is 0 Å². The molecule has 19 heavy (non-hydrogen) atoms. The highest BCUT2D eigenvalue weighted by Gasteiger charge is 2.35. The Kier molecular flexibility index (Phi) is 4.63. The number of aryl methyl sites for hydroxylation is 1. The molecule has 2 rings (SSSR count). The summed E-state index contributed by atoms with van der Waals surface area (Å²) in [6, 6.07) is 0. The zero-order valence-electron chi connectivity index (χ0n) is 12.5. The second kappa shape index (κ2) is 6.06. The largest absolute Gasteiger partial charge is 0.385 e. The lowest BCUT2D eigenvalue weighted by Gasteiger charge is -2.38. The Balaban J connectivity index is 1.96. The molecule has 0 spiro atoms. The fourth-order valence-corrected chi connectivity index (χ4v) is 2.87. The molecule has 0 atom stereocenters. The molecule has 1 N–H and O–H groups in total. The smallest absolute Gasteiger partial charge is 0.0951 e. The number of aliphatic hydroxyl groups is 1. The summed E-state index contributed by atoms with van der Waals surface area (Å²) in [5.41, 5.74) is 0.324. The minimum atomic E-state index is -0.667. The molecule has 0 unspecified atom stereocenters. The molecule has 0 radical (unpaired) electrons. The van der Waals surface area contributed by atoms with E-state index in [1.165, 1.54) is 0 Å². The molecule has 1 fully saturated rings. The van der Waals surface area contributed by atoms with E-state index in [0.717, 1.165) is 51.0 Å². The van der Waals surface area contributed by atoms with Gasteiger partial charge in [-0.05, 0) is 25.2 Å². The lowest BCUT2D eigenvalue weighted by Crippen LogP contribution is -2.43. The highest BCUT2D eigenvalue weighted by Crippen LogP contribution is 2.32. The summed E-state index contributed by atoms with van der Waals surface area (Å²) >= 11 is 0. The van der Waals surface area contributed by atoms with Crippen LogP contribution in [0.4, 0.5) is 0 Å². The van der Waals surface area contributed by atoms with E-state index in [1.54, 1.807) is 0 Å². The van der Waals surface area contributed by atoms with Crippen molar-refractivity contribution in [3.63, 3.8) is 0 Å². The molecule has 4 nitrogen and oxygen atoms in total. The van der Waals surface area contributed by atoms with Crippen LogP contribution < -0.4 is 0 Å². The second-order valence-electron chi connectivity index (χ2n) is 6.22. The van der Waals surface area contributed by atoms with Crippen molar-refractivity contribution in [1.29, 1.82) is 0 Å². The van der Waals surface area contributed by atoms with Crippen molar-refractivity contribution in [2.24, 2.45) is 5.92 Å². The predicted octanol–water partition coefficient (Wildman–Crippen LogP) is 2.23. The van der Waals surface area contributed by atoms with Crippen LogP contribution in [0.5, 0.6) is 0 Å². The Bertz CT molecular complexity index is 392. The summed E-state index contributed by atoms with van der Waals surface area (Å²) in [4.78, 5) is 2.45. The summed E-state index contributed by atoms with van der Waals surface area (Å²) in [5.74, 6) is 0.693. The van der Waals surface area contributed by atoms with E-state index in [-0.39, 0.29) is 0 Å². The first-order valence-electron chi connectivity index (χ1n) is 7.51. The Hall–Kier alpha value is -0.870. The second-order valence-corrected chi connectivity index (χ2v) is 6.22. The van der Waals surface area contributed by atoms with Crippen molar-refractivity contribution >= 4 is 0 Å². The van der Waals surface area contributed by atoms with Crippen molar-refractivity contribution in [1.82, 2.24) is 14.7 Å². The molecule has 4 heteroatoms. The first-order chi connectivity index (χ1) is 9.03. The van der Waals surface area contributed by atoms with Crippen LogP contribution in [0.2, 0.25) is 0 Å². The van der Waals surface area contributed by atoms with Crippen molar-refractivity contribution in [3.8, 4) is 0 Å². The summed E-state index contributed by atoms with van der Waals surface area (Å²) in [6.07, 6.45) is 6.56. The van der Waals surface area contributed by atoms with Crippen molar-refractivity contribution in [2.75, 3.05) is 19.6 Å². The molecule has 1 saturated heterocycles. The van der Waals surface area contributed by atoms with Crippen LogP contribution in [0.25, 0.3) is 0 Å². The zero-order valence-corrected chi connectivity index (χ0v) is 12.5. The Morgan fingerprint density at radius 1 is 1.37 bits per heavy atom. The highest BCUT2D eigenvalue weighted by atomic mass is 16.3. The molecule has 0 saturated carbocycles. The average Bonchev–Trinajstić information content (AvgIpc) is 2.82. The zero-order chi connectivity index (χ0) is 13.9. The minimum absolute atomic E-state index is 0.667. The Morgan fingerprint density at radius 3 is 2.63 bits per heavy atom. The topological polar surface area (TPSA) is 41.3 Å². The van der Waals surface area contributed by atoms with Crippen LogP contribution in [0.3, 0.4) is 0 Å². The maximum absolute atomic E-state index is 10.8. The maximum Gasteiger partial charge on any atom is 0.0951 e. The maximum atomic E-state index is 10.8. The number of rotatable bonds is 5. The summed E-state index contributed by atoms with van der Waals surface area (Å²) < 4.78 is 1.94. The summed E-state index contributed by atoms with van der Waals surface area (Å²) in [7, 11) is 0. The highest BCUT2D eigenvalue weighted by molar-refractivity contribution is 5.16. The molecule has 2 heterocycles. The molecular weight excluding hydrogens is 238 g/mol. The molecule has 1 aromatic heterocycles. The molecule has 1 aliphatic heterocycles. The van der Waals surface area contributed by atoms with Gasteiger partial charge in [0.1, 0.15) is 0 Å². The van der Waals surface area contributed by atoms with Gasteiger partial charge in [0, 0.05) is 37.9 Å². The van der Waals surface area contributed by atoms with Crippen molar-refractivity contribution < 1.29 is 5.11 Å². The van der Waals surface area contributed by atoms with E-state index in [2.05, 4.69) is 30.8 Å². The fraction of sp³-hybridized carbons (Fsp3) is 0.800. The first kappa shape index (κ1) is 14.5. The number of nitrogens with zero attached hydrogens (tertiary/aromatic N) is 3. The summed E-state index contributed by atoms with van der Waals surface area (Å²) in [5, 5.41) is 15.1. The van der Waals surface area contributed by atoms with Crippen LogP contribution in [0, 0.1) is 5.92 Å². The number of hydrogen-bond donors (Lipinski definition) is 1. The molecule has 0 aromatic carbocycles. The molecule has 0 bridgehead atoms. The third-order valence-electron chi connectivity index (χ3n) is 3.93. The van der Waals surface area contributed by atoms with Gasteiger partial charge >= 0.3 is 0 Å². The van der Waals surface area contributed by atoms with Gasteiger partial charge in [0.25, 0.3) is 0 Å².